The second-order valence-corrected chi connectivity index (χ2v) is 4.54. The van der Waals surface area contributed by atoms with E-state index < -0.39 is 0 Å². The first-order valence-corrected chi connectivity index (χ1v) is 6.86. The van der Waals surface area contributed by atoms with Gasteiger partial charge in [-0.3, -0.25) is 0 Å². The van der Waals surface area contributed by atoms with E-state index >= 15 is 0 Å². The van der Waals surface area contributed by atoms with Crippen molar-refractivity contribution in [2.24, 2.45) is 0 Å². The van der Waals surface area contributed by atoms with Gasteiger partial charge in [0, 0.05) is 13.1 Å². The number of nitrogens with one attached hydrogen (secondary N) is 1. The third-order valence-electron chi connectivity index (χ3n) is 2.87. The summed E-state index contributed by atoms with van der Waals surface area (Å²) >= 11 is 0. The summed E-state index contributed by atoms with van der Waals surface area (Å²) in [6, 6.07) is 8.13. The van der Waals surface area contributed by atoms with E-state index in [0.717, 1.165) is 38.2 Å². The highest BCUT2D eigenvalue weighted by Gasteiger charge is 2.00. The zero-order valence-electron chi connectivity index (χ0n) is 11.5. The van der Waals surface area contributed by atoms with E-state index in [1.54, 1.807) is 0 Å². The van der Waals surface area contributed by atoms with E-state index in [9.17, 15) is 5.11 Å². The Morgan fingerprint density at radius 3 is 2.56 bits per heavy atom. The summed E-state index contributed by atoms with van der Waals surface area (Å²) in [6.07, 6.45) is 2.79. The number of hydrogen-bond acceptors (Lipinski definition) is 3. The van der Waals surface area contributed by atoms with Crippen LogP contribution in [-0.4, -0.2) is 24.4 Å². The number of ether oxygens (including phenoxy) is 1. The molecule has 0 heterocycles. The van der Waals surface area contributed by atoms with Crippen LogP contribution in [0, 0.1) is 0 Å². The maximum absolute atomic E-state index is 9.42. The molecule has 0 aliphatic rings. The van der Waals surface area contributed by atoms with E-state index in [1.807, 2.05) is 19.1 Å². The monoisotopic (exact) mass is 251 g/mol. The molecule has 3 heteroatoms. The first-order valence-electron chi connectivity index (χ1n) is 6.86. The van der Waals surface area contributed by atoms with Crippen LogP contribution in [0.2, 0.25) is 0 Å². The molecule has 0 aliphatic heterocycles. The maximum Gasteiger partial charge on any atom is 0.119 e. The summed E-state index contributed by atoms with van der Waals surface area (Å²) < 4.78 is 5.60. The standard InChI is InChI=1S/C15H25NO2/c1-3-5-10-18-15-8-6-13(7-9-15)11-16-12-14(17)4-2/h6-9,14,16-17H,3-5,10-12H2,1-2H3. The zero-order valence-corrected chi connectivity index (χ0v) is 11.5. The van der Waals surface area contributed by atoms with Crippen molar-refractivity contribution in [1.29, 1.82) is 0 Å². The minimum absolute atomic E-state index is 0.248. The molecule has 0 fully saturated rings. The minimum atomic E-state index is -0.248. The van der Waals surface area contributed by atoms with Crippen LogP contribution in [0.15, 0.2) is 24.3 Å². The van der Waals surface area contributed by atoms with Crippen molar-refractivity contribution in [1.82, 2.24) is 5.32 Å². The first kappa shape index (κ1) is 15.0. The van der Waals surface area contributed by atoms with E-state index in [1.165, 1.54) is 5.56 Å². The highest BCUT2D eigenvalue weighted by Crippen LogP contribution is 2.12. The Balaban J connectivity index is 2.27. The zero-order chi connectivity index (χ0) is 13.2. The van der Waals surface area contributed by atoms with Gasteiger partial charge in [0.2, 0.25) is 0 Å². The molecule has 0 saturated carbocycles. The summed E-state index contributed by atoms with van der Waals surface area (Å²) in [6.45, 7) is 6.35. The molecule has 0 aliphatic carbocycles. The summed E-state index contributed by atoms with van der Waals surface area (Å²) in [7, 11) is 0. The molecular formula is C15H25NO2. The van der Waals surface area contributed by atoms with Crippen LogP contribution in [-0.2, 0) is 6.54 Å². The van der Waals surface area contributed by atoms with Crippen LogP contribution in [0.1, 0.15) is 38.7 Å². The SMILES string of the molecule is CCCCOc1ccc(CNCC(O)CC)cc1. The molecule has 1 unspecified atom stereocenters. The number of unbranched alkanes of at least 4 members (excludes halogenated alkanes) is 1. The fraction of sp³-hybridized carbons (Fsp3) is 0.600. The van der Waals surface area contributed by atoms with Crippen molar-refractivity contribution in [2.45, 2.75) is 45.8 Å². The van der Waals surface area contributed by atoms with Crippen molar-refractivity contribution >= 4 is 0 Å². The van der Waals surface area contributed by atoms with Crippen LogP contribution < -0.4 is 10.1 Å². The molecule has 1 aromatic rings. The van der Waals surface area contributed by atoms with Crippen molar-refractivity contribution in [3.05, 3.63) is 29.8 Å². The Morgan fingerprint density at radius 1 is 1.22 bits per heavy atom. The maximum atomic E-state index is 9.42. The molecule has 3 nitrogen and oxygen atoms in total. The van der Waals surface area contributed by atoms with Crippen LogP contribution in [0.25, 0.3) is 0 Å². The number of aliphatic hydroxyl groups excluding tert-OH is 1. The second-order valence-electron chi connectivity index (χ2n) is 4.54. The predicted octanol–water partition coefficient (Wildman–Crippen LogP) is 2.73. The fourth-order valence-electron chi connectivity index (χ4n) is 1.57. The molecule has 0 aromatic heterocycles. The molecule has 102 valence electrons. The van der Waals surface area contributed by atoms with Gasteiger partial charge >= 0.3 is 0 Å². The molecule has 0 bridgehead atoms. The quantitative estimate of drug-likeness (QED) is 0.663. The topological polar surface area (TPSA) is 41.5 Å². The van der Waals surface area contributed by atoms with Gasteiger partial charge in [0.05, 0.1) is 12.7 Å². The molecule has 1 rings (SSSR count). The smallest absolute Gasteiger partial charge is 0.119 e. The highest BCUT2D eigenvalue weighted by molar-refractivity contribution is 5.27. The van der Waals surface area contributed by atoms with Crippen molar-refractivity contribution in [2.75, 3.05) is 13.2 Å². The Hall–Kier alpha value is -1.06. The third kappa shape index (κ3) is 6.03. The van der Waals surface area contributed by atoms with Gasteiger partial charge in [-0.05, 0) is 30.5 Å². The Bertz CT molecular complexity index is 311. The summed E-state index contributed by atoms with van der Waals surface area (Å²) in [5.74, 6) is 0.931. The lowest BCUT2D eigenvalue weighted by molar-refractivity contribution is 0.167. The van der Waals surface area contributed by atoms with Crippen molar-refractivity contribution in [3.63, 3.8) is 0 Å². The van der Waals surface area contributed by atoms with E-state index in [0.29, 0.717) is 6.54 Å². The normalized spacial score (nSPS) is 12.4. The average Bonchev–Trinajstić information content (AvgIpc) is 2.40. The number of benzene rings is 1. The molecule has 2 N–H and O–H groups in total. The third-order valence-corrected chi connectivity index (χ3v) is 2.87. The van der Waals surface area contributed by atoms with Crippen LogP contribution in [0.5, 0.6) is 5.75 Å². The van der Waals surface area contributed by atoms with Gasteiger partial charge in [0.1, 0.15) is 5.75 Å². The first-order chi connectivity index (χ1) is 8.76. The van der Waals surface area contributed by atoms with Crippen molar-refractivity contribution in [3.8, 4) is 5.75 Å². The molecule has 0 radical (unpaired) electrons. The summed E-state index contributed by atoms with van der Waals surface area (Å²) in [5.41, 5.74) is 1.21. The van der Waals surface area contributed by atoms with Gasteiger partial charge in [-0.25, -0.2) is 0 Å². The highest BCUT2D eigenvalue weighted by atomic mass is 16.5. The van der Waals surface area contributed by atoms with E-state index in [2.05, 4.69) is 24.4 Å². The van der Waals surface area contributed by atoms with Gasteiger partial charge < -0.3 is 15.2 Å². The van der Waals surface area contributed by atoms with Gasteiger partial charge in [-0.2, -0.15) is 0 Å². The molecule has 0 saturated heterocycles. The van der Waals surface area contributed by atoms with E-state index in [-0.39, 0.29) is 6.10 Å². The average molecular weight is 251 g/mol. The van der Waals surface area contributed by atoms with Gasteiger partial charge in [-0.15, -0.1) is 0 Å². The predicted molar refractivity (Wildman–Crippen MR) is 74.8 cm³/mol. The number of aliphatic hydroxyl groups is 1. The fourth-order valence-corrected chi connectivity index (χ4v) is 1.57. The lowest BCUT2D eigenvalue weighted by Gasteiger charge is -2.10. The number of rotatable bonds is 9. The van der Waals surface area contributed by atoms with Gasteiger partial charge in [0.25, 0.3) is 0 Å². The molecule has 0 spiro atoms. The Morgan fingerprint density at radius 2 is 1.94 bits per heavy atom. The largest absolute Gasteiger partial charge is 0.494 e. The Kier molecular flexibility index (Phi) is 7.46. The lowest BCUT2D eigenvalue weighted by Crippen LogP contribution is -2.25. The molecule has 1 aromatic carbocycles. The Labute approximate surface area is 110 Å². The molecule has 1 atom stereocenters. The molecule has 18 heavy (non-hydrogen) atoms. The summed E-state index contributed by atoms with van der Waals surface area (Å²) in [5, 5.41) is 12.7. The van der Waals surface area contributed by atoms with Gasteiger partial charge in [-0.1, -0.05) is 32.4 Å². The van der Waals surface area contributed by atoms with Crippen LogP contribution in [0.3, 0.4) is 0 Å². The van der Waals surface area contributed by atoms with Crippen molar-refractivity contribution < 1.29 is 9.84 Å². The minimum Gasteiger partial charge on any atom is -0.494 e. The lowest BCUT2D eigenvalue weighted by atomic mass is 10.2. The van der Waals surface area contributed by atoms with Gasteiger partial charge in [0.15, 0.2) is 0 Å². The molecule has 0 amide bonds. The van der Waals surface area contributed by atoms with Crippen LogP contribution in [0.4, 0.5) is 0 Å². The van der Waals surface area contributed by atoms with E-state index in [4.69, 9.17) is 4.74 Å². The second kappa shape index (κ2) is 8.95. The number of hydrogen-bond donors (Lipinski definition) is 2. The molecular weight excluding hydrogens is 226 g/mol. The summed E-state index contributed by atoms with van der Waals surface area (Å²) in [4.78, 5) is 0. The van der Waals surface area contributed by atoms with Crippen LogP contribution >= 0.6 is 0 Å².